The first-order chi connectivity index (χ1) is 9.26. The molecule has 3 nitrogen and oxygen atoms in total. The van der Waals surface area contributed by atoms with E-state index in [1.165, 1.54) is 42.5 Å². The summed E-state index contributed by atoms with van der Waals surface area (Å²) in [5.41, 5.74) is 4.09. The third-order valence-electron chi connectivity index (χ3n) is 4.02. The van der Waals surface area contributed by atoms with Crippen molar-refractivity contribution in [1.29, 1.82) is 5.26 Å². The van der Waals surface area contributed by atoms with E-state index in [9.17, 15) is 5.26 Å². The van der Waals surface area contributed by atoms with E-state index < -0.39 is 0 Å². The Morgan fingerprint density at radius 2 is 2.32 bits per heavy atom. The Bertz CT molecular complexity index is 499. The van der Waals surface area contributed by atoms with E-state index in [1.807, 2.05) is 0 Å². The lowest BCUT2D eigenvalue weighted by Gasteiger charge is -2.33. The number of nitriles is 1. The molecule has 1 fully saturated rings. The molecule has 1 atom stereocenters. The zero-order chi connectivity index (χ0) is 13.2. The number of benzene rings is 1. The van der Waals surface area contributed by atoms with E-state index in [4.69, 9.17) is 0 Å². The van der Waals surface area contributed by atoms with Gasteiger partial charge in [0.25, 0.3) is 0 Å². The van der Waals surface area contributed by atoms with E-state index in [0.29, 0.717) is 6.04 Å². The summed E-state index contributed by atoms with van der Waals surface area (Å²) in [6.07, 6.45) is 4.82. The number of nitrogens with one attached hydrogen (secondary N) is 1. The second-order valence-electron chi connectivity index (χ2n) is 5.80. The van der Waals surface area contributed by atoms with Crippen molar-refractivity contribution in [2.75, 3.05) is 18.0 Å². The molecule has 1 aromatic rings. The van der Waals surface area contributed by atoms with Crippen LogP contribution in [-0.2, 0) is 6.42 Å². The van der Waals surface area contributed by atoms with Crippen LogP contribution in [-0.4, -0.2) is 25.2 Å². The zero-order valence-corrected chi connectivity index (χ0v) is 11.5. The minimum Gasteiger partial charge on any atom is -0.369 e. The zero-order valence-electron chi connectivity index (χ0n) is 11.5. The lowest BCUT2D eigenvalue weighted by Crippen LogP contribution is -2.43. The standard InChI is InChI=1S/C16H21N3/c1-12-4-7-16-13(9-12)3-2-8-19(16)11-15(10-17)18-14-5-6-14/h4,7,9,14-15,18H,2-3,5-6,8,11H2,1H3. The van der Waals surface area contributed by atoms with Crippen molar-refractivity contribution in [3.05, 3.63) is 29.3 Å². The SMILES string of the molecule is Cc1ccc2c(c1)CCCN2CC(C#N)NC1CC1. The summed E-state index contributed by atoms with van der Waals surface area (Å²) in [4.78, 5) is 2.38. The van der Waals surface area contributed by atoms with Crippen LogP contribution in [0.15, 0.2) is 18.2 Å². The van der Waals surface area contributed by atoms with Crippen molar-refractivity contribution < 1.29 is 0 Å². The number of aryl methyl sites for hydroxylation is 2. The third kappa shape index (κ3) is 2.90. The highest BCUT2D eigenvalue weighted by molar-refractivity contribution is 5.57. The van der Waals surface area contributed by atoms with Crippen molar-refractivity contribution in [2.45, 2.75) is 44.7 Å². The van der Waals surface area contributed by atoms with Gasteiger partial charge in [-0.3, -0.25) is 5.32 Å². The molecule has 3 heteroatoms. The Morgan fingerprint density at radius 1 is 1.47 bits per heavy atom. The summed E-state index contributed by atoms with van der Waals surface area (Å²) < 4.78 is 0. The molecule has 0 bridgehead atoms. The maximum Gasteiger partial charge on any atom is 0.113 e. The molecule has 2 aliphatic rings. The van der Waals surface area contributed by atoms with Gasteiger partial charge in [0, 0.05) is 24.8 Å². The molecule has 0 spiro atoms. The molecular formula is C16H21N3. The van der Waals surface area contributed by atoms with Crippen molar-refractivity contribution in [3.8, 4) is 6.07 Å². The summed E-state index contributed by atoms with van der Waals surface area (Å²) in [6.45, 7) is 4.02. The first-order valence-electron chi connectivity index (χ1n) is 7.26. The molecule has 1 aliphatic heterocycles. The summed E-state index contributed by atoms with van der Waals surface area (Å²) >= 11 is 0. The van der Waals surface area contributed by atoms with Gasteiger partial charge in [-0.25, -0.2) is 0 Å². The molecule has 0 aromatic heterocycles. The number of nitrogens with zero attached hydrogens (tertiary/aromatic N) is 2. The smallest absolute Gasteiger partial charge is 0.113 e. The number of anilines is 1. The van der Waals surface area contributed by atoms with E-state index in [-0.39, 0.29) is 6.04 Å². The molecule has 0 amide bonds. The largest absolute Gasteiger partial charge is 0.369 e. The van der Waals surface area contributed by atoms with Crippen molar-refractivity contribution in [1.82, 2.24) is 5.32 Å². The summed E-state index contributed by atoms with van der Waals surface area (Å²) in [5.74, 6) is 0. The van der Waals surface area contributed by atoms with Crippen molar-refractivity contribution >= 4 is 5.69 Å². The molecule has 100 valence electrons. The van der Waals surface area contributed by atoms with E-state index in [1.54, 1.807) is 0 Å². The van der Waals surface area contributed by atoms with E-state index in [0.717, 1.165) is 13.1 Å². The van der Waals surface area contributed by atoms with Crippen LogP contribution < -0.4 is 10.2 Å². The minimum atomic E-state index is -0.0419. The first-order valence-corrected chi connectivity index (χ1v) is 7.26. The third-order valence-corrected chi connectivity index (χ3v) is 4.02. The van der Waals surface area contributed by atoms with Crippen LogP contribution in [0.3, 0.4) is 0 Å². The van der Waals surface area contributed by atoms with E-state index in [2.05, 4.69) is 41.4 Å². The highest BCUT2D eigenvalue weighted by atomic mass is 15.2. The molecule has 1 saturated carbocycles. The van der Waals surface area contributed by atoms with Crippen LogP contribution in [0.2, 0.25) is 0 Å². The molecule has 19 heavy (non-hydrogen) atoms. The average Bonchev–Trinajstić information content (AvgIpc) is 3.21. The molecule has 3 rings (SSSR count). The predicted octanol–water partition coefficient (Wildman–Crippen LogP) is 2.39. The number of hydrogen-bond acceptors (Lipinski definition) is 3. The first kappa shape index (κ1) is 12.5. The number of rotatable bonds is 4. The number of hydrogen-bond donors (Lipinski definition) is 1. The molecule has 1 N–H and O–H groups in total. The highest BCUT2D eigenvalue weighted by Gasteiger charge is 2.26. The maximum atomic E-state index is 9.29. The number of fused-ring (bicyclic) bond motifs is 1. The molecule has 0 saturated heterocycles. The van der Waals surface area contributed by atoms with Crippen molar-refractivity contribution in [2.24, 2.45) is 0 Å². The fraction of sp³-hybridized carbons (Fsp3) is 0.562. The Hall–Kier alpha value is -1.53. The van der Waals surface area contributed by atoms with Gasteiger partial charge in [0.1, 0.15) is 6.04 Å². The minimum absolute atomic E-state index is 0.0419. The lowest BCUT2D eigenvalue weighted by molar-refractivity contribution is 0.565. The average molecular weight is 255 g/mol. The van der Waals surface area contributed by atoms with Crippen LogP contribution >= 0.6 is 0 Å². The summed E-state index contributed by atoms with van der Waals surface area (Å²) in [5, 5.41) is 12.7. The second-order valence-corrected chi connectivity index (χ2v) is 5.80. The fourth-order valence-electron chi connectivity index (χ4n) is 2.88. The lowest BCUT2D eigenvalue weighted by atomic mass is 9.99. The monoisotopic (exact) mass is 255 g/mol. The van der Waals surface area contributed by atoms with E-state index >= 15 is 0 Å². The normalized spacial score (nSPS) is 19.7. The Balaban J connectivity index is 1.73. The molecule has 1 aromatic carbocycles. The van der Waals surface area contributed by atoms with Crippen LogP contribution in [0.25, 0.3) is 0 Å². The van der Waals surface area contributed by atoms with Gasteiger partial charge < -0.3 is 4.90 Å². The second kappa shape index (κ2) is 5.22. The summed E-state index contributed by atoms with van der Waals surface area (Å²) in [6, 6.07) is 9.64. The molecular weight excluding hydrogens is 234 g/mol. The van der Waals surface area contributed by atoms with Gasteiger partial charge in [0.15, 0.2) is 0 Å². The Labute approximate surface area is 115 Å². The van der Waals surface area contributed by atoms with Gasteiger partial charge in [-0.15, -0.1) is 0 Å². The maximum absolute atomic E-state index is 9.29. The fourth-order valence-corrected chi connectivity index (χ4v) is 2.88. The van der Waals surface area contributed by atoms with Gasteiger partial charge in [-0.2, -0.15) is 5.26 Å². The topological polar surface area (TPSA) is 39.1 Å². The van der Waals surface area contributed by atoms with Gasteiger partial charge in [0.05, 0.1) is 6.07 Å². The Kier molecular flexibility index (Phi) is 3.44. The predicted molar refractivity (Wildman–Crippen MR) is 77.3 cm³/mol. The van der Waals surface area contributed by atoms with Crippen LogP contribution in [0, 0.1) is 18.3 Å². The molecule has 1 heterocycles. The Morgan fingerprint density at radius 3 is 3.05 bits per heavy atom. The van der Waals surface area contributed by atoms with Gasteiger partial charge in [0.2, 0.25) is 0 Å². The highest BCUT2D eigenvalue weighted by Crippen LogP contribution is 2.28. The molecule has 0 radical (unpaired) electrons. The van der Waals surface area contributed by atoms with Gasteiger partial charge in [-0.05, 0) is 44.2 Å². The van der Waals surface area contributed by atoms with Gasteiger partial charge in [-0.1, -0.05) is 17.7 Å². The molecule has 1 aliphatic carbocycles. The van der Waals surface area contributed by atoms with Gasteiger partial charge >= 0.3 is 0 Å². The quantitative estimate of drug-likeness (QED) is 0.898. The summed E-state index contributed by atoms with van der Waals surface area (Å²) in [7, 11) is 0. The van der Waals surface area contributed by atoms with Crippen molar-refractivity contribution in [3.63, 3.8) is 0 Å². The van der Waals surface area contributed by atoms with Crippen LogP contribution in [0.5, 0.6) is 0 Å². The van der Waals surface area contributed by atoms with Crippen LogP contribution in [0.1, 0.15) is 30.4 Å². The molecule has 1 unspecified atom stereocenters. The van der Waals surface area contributed by atoms with Crippen LogP contribution in [0.4, 0.5) is 5.69 Å².